The van der Waals surface area contributed by atoms with E-state index in [2.05, 4.69) is 40.6 Å². The summed E-state index contributed by atoms with van der Waals surface area (Å²) in [5.41, 5.74) is 2.27. The van der Waals surface area contributed by atoms with Crippen molar-refractivity contribution in [3.63, 3.8) is 0 Å². The quantitative estimate of drug-likeness (QED) is 0.213. The maximum Gasteiger partial charge on any atom is 0.191 e. The average Bonchev–Trinajstić information content (AvgIpc) is 2.88. The van der Waals surface area contributed by atoms with Crippen molar-refractivity contribution in [3.8, 4) is 0 Å². The molecule has 0 saturated carbocycles. The number of hydrogen-bond donors (Lipinski definition) is 2. The third kappa shape index (κ3) is 11.4. The molecule has 0 aliphatic heterocycles. The van der Waals surface area contributed by atoms with Gasteiger partial charge in [0.2, 0.25) is 0 Å². The second-order valence-corrected chi connectivity index (χ2v) is 5.65. The van der Waals surface area contributed by atoms with E-state index in [0.717, 1.165) is 57.3 Å². The minimum Gasteiger partial charge on any atom is -0.382 e. The topological polar surface area (TPSA) is 72.7 Å². The number of aromatic nitrogens is 2. The number of methoxy groups -OCH3 is 1. The van der Waals surface area contributed by atoms with Crippen LogP contribution in [0, 0.1) is 13.8 Å². The first-order valence-electron chi connectivity index (χ1n) is 8.77. The summed E-state index contributed by atoms with van der Waals surface area (Å²) in [4.78, 5) is 4.60. The molecule has 0 aliphatic carbocycles. The summed E-state index contributed by atoms with van der Waals surface area (Å²) in [6, 6.07) is 2.10. The van der Waals surface area contributed by atoms with Crippen molar-refractivity contribution < 1.29 is 9.47 Å². The second kappa shape index (κ2) is 15.4. The van der Waals surface area contributed by atoms with Gasteiger partial charge in [0.05, 0.1) is 18.9 Å². The van der Waals surface area contributed by atoms with Crippen molar-refractivity contribution in [2.24, 2.45) is 4.99 Å². The van der Waals surface area contributed by atoms with Gasteiger partial charge >= 0.3 is 0 Å². The molecular formula is C17H34IN5O2. The fraction of sp³-hybridized carbons (Fsp3) is 0.765. The van der Waals surface area contributed by atoms with Gasteiger partial charge in [-0.25, -0.2) is 0 Å². The average molecular weight is 467 g/mol. The number of halogens is 1. The Balaban J connectivity index is 0.00000576. The van der Waals surface area contributed by atoms with Crippen LogP contribution in [0.4, 0.5) is 0 Å². The number of guanidine groups is 1. The summed E-state index contributed by atoms with van der Waals surface area (Å²) in [6.07, 6.45) is 1.92. The van der Waals surface area contributed by atoms with E-state index in [1.807, 2.05) is 11.6 Å². The van der Waals surface area contributed by atoms with Crippen molar-refractivity contribution in [3.05, 3.63) is 17.5 Å². The van der Waals surface area contributed by atoms with Gasteiger partial charge in [-0.05, 0) is 39.7 Å². The fourth-order valence-corrected chi connectivity index (χ4v) is 2.28. The molecule has 1 heterocycles. The van der Waals surface area contributed by atoms with Crippen LogP contribution in [0.25, 0.3) is 0 Å². The normalized spacial score (nSPS) is 11.3. The zero-order chi connectivity index (χ0) is 17.6. The highest BCUT2D eigenvalue weighted by Crippen LogP contribution is 2.02. The summed E-state index contributed by atoms with van der Waals surface area (Å²) < 4.78 is 12.4. The smallest absolute Gasteiger partial charge is 0.191 e. The fourth-order valence-electron chi connectivity index (χ4n) is 2.28. The Labute approximate surface area is 169 Å². The standard InChI is InChI=1S/C17H33N5O2.HI/c1-5-18-17(20-9-7-11-24-13-12-23-4)19-8-6-10-22-16(3)14-15(2)21-22;/h14H,5-13H2,1-4H3,(H2,18,19,20);1H. The lowest BCUT2D eigenvalue weighted by Crippen LogP contribution is -2.38. The third-order valence-corrected chi connectivity index (χ3v) is 3.44. The Bertz CT molecular complexity index is 480. The maximum absolute atomic E-state index is 5.44. The lowest BCUT2D eigenvalue weighted by Gasteiger charge is -2.11. The molecule has 0 unspecified atom stereocenters. The highest BCUT2D eigenvalue weighted by Gasteiger charge is 2.01. The van der Waals surface area contributed by atoms with Crippen LogP contribution >= 0.6 is 24.0 Å². The molecule has 0 bridgehead atoms. The van der Waals surface area contributed by atoms with E-state index in [1.165, 1.54) is 5.69 Å². The van der Waals surface area contributed by atoms with Crippen molar-refractivity contribution in [1.29, 1.82) is 0 Å². The monoisotopic (exact) mass is 467 g/mol. The Morgan fingerprint density at radius 1 is 1.20 bits per heavy atom. The largest absolute Gasteiger partial charge is 0.382 e. The molecule has 0 spiro atoms. The summed E-state index contributed by atoms with van der Waals surface area (Å²) in [6.45, 7) is 11.6. The summed E-state index contributed by atoms with van der Waals surface area (Å²) >= 11 is 0. The Morgan fingerprint density at radius 3 is 2.64 bits per heavy atom. The van der Waals surface area contributed by atoms with Crippen LogP contribution in [0.15, 0.2) is 11.1 Å². The first kappa shape index (κ1) is 24.1. The van der Waals surface area contributed by atoms with E-state index in [1.54, 1.807) is 7.11 Å². The third-order valence-electron chi connectivity index (χ3n) is 3.44. The number of aliphatic imine (C=N–C) groups is 1. The van der Waals surface area contributed by atoms with Crippen molar-refractivity contribution >= 4 is 29.9 Å². The first-order valence-corrected chi connectivity index (χ1v) is 8.77. The molecule has 0 saturated heterocycles. The van der Waals surface area contributed by atoms with Gasteiger partial charge in [-0.3, -0.25) is 9.67 Å². The molecule has 0 aromatic carbocycles. The molecule has 0 fully saturated rings. The summed E-state index contributed by atoms with van der Waals surface area (Å²) in [7, 11) is 1.68. The van der Waals surface area contributed by atoms with E-state index < -0.39 is 0 Å². The zero-order valence-corrected chi connectivity index (χ0v) is 18.3. The maximum atomic E-state index is 5.44. The predicted molar refractivity (Wildman–Crippen MR) is 113 cm³/mol. The number of hydrogen-bond acceptors (Lipinski definition) is 4. The number of nitrogens with one attached hydrogen (secondary N) is 2. The predicted octanol–water partition coefficient (Wildman–Crippen LogP) is 2.12. The molecule has 7 nitrogen and oxygen atoms in total. The number of nitrogens with zero attached hydrogens (tertiary/aromatic N) is 3. The second-order valence-electron chi connectivity index (χ2n) is 5.65. The highest BCUT2D eigenvalue weighted by molar-refractivity contribution is 14.0. The van der Waals surface area contributed by atoms with Crippen LogP contribution in [0.5, 0.6) is 0 Å². The summed E-state index contributed by atoms with van der Waals surface area (Å²) in [5.74, 6) is 0.864. The lowest BCUT2D eigenvalue weighted by molar-refractivity contribution is 0.0698. The van der Waals surface area contributed by atoms with Gasteiger partial charge in [-0.1, -0.05) is 0 Å². The highest BCUT2D eigenvalue weighted by atomic mass is 127. The van der Waals surface area contributed by atoms with Gasteiger partial charge in [0.15, 0.2) is 5.96 Å². The van der Waals surface area contributed by atoms with Gasteiger partial charge in [0.25, 0.3) is 0 Å². The van der Waals surface area contributed by atoms with Crippen LogP contribution in [0.2, 0.25) is 0 Å². The molecule has 146 valence electrons. The van der Waals surface area contributed by atoms with Crippen LogP contribution in [0.1, 0.15) is 31.2 Å². The molecule has 1 rings (SSSR count). The van der Waals surface area contributed by atoms with Crippen LogP contribution in [-0.2, 0) is 16.0 Å². The lowest BCUT2D eigenvalue weighted by atomic mass is 10.4. The van der Waals surface area contributed by atoms with Gasteiger partial charge in [-0.2, -0.15) is 5.10 Å². The molecule has 0 aliphatic rings. The minimum absolute atomic E-state index is 0. The Hall–Kier alpha value is -0.870. The number of rotatable bonds is 12. The molecule has 25 heavy (non-hydrogen) atoms. The molecule has 0 radical (unpaired) electrons. The van der Waals surface area contributed by atoms with E-state index >= 15 is 0 Å². The molecule has 8 heteroatoms. The Morgan fingerprint density at radius 2 is 2.00 bits per heavy atom. The van der Waals surface area contributed by atoms with Crippen molar-refractivity contribution in [1.82, 2.24) is 20.4 Å². The van der Waals surface area contributed by atoms with Crippen LogP contribution in [-0.4, -0.2) is 62.3 Å². The minimum atomic E-state index is 0. The SMILES string of the molecule is CCNC(=NCCCn1nc(C)cc1C)NCCCOCCOC.I. The van der Waals surface area contributed by atoms with Gasteiger partial charge in [0, 0.05) is 45.6 Å². The van der Waals surface area contributed by atoms with Gasteiger partial charge in [0.1, 0.15) is 0 Å². The molecule has 0 amide bonds. The van der Waals surface area contributed by atoms with Crippen LogP contribution in [0.3, 0.4) is 0 Å². The Kier molecular flexibility index (Phi) is 14.9. The van der Waals surface area contributed by atoms with E-state index in [9.17, 15) is 0 Å². The van der Waals surface area contributed by atoms with E-state index in [4.69, 9.17) is 9.47 Å². The molecular weight excluding hydrogens is 433 g/mol. The van der Waals surface area contributed by atoms with Gasteiger partial charge < -0.3 is 20.1 Å². The van der Waals surface area contributed by atoms with Crippen molar-refractivity contribution in [2.45, 2.75) is 40.2 Å². The first-order chi connectivity index (χ1) is 11.7. The van der Waals surface area contributed by atoms with Crippen LogP contribution < -0.4 is 10.6 Å². The molecule has 2 N–H and O–H groups in total. The van der Waals surface area contributed by atoms with Gasteiger partial charge in [-0.15, -0.1) is 24.0 Å². The molecule has 0 atom stereocenters. The van der Waals surface area contributed by atoms with E-state index in [-0.39, 0.29) is 24.0 Å². The summed E-state index contributed by atoms with van der Waals surface area (Å²) in [5, 5.41) is 11.1. The molecule has 1 aromatic heterocycles. The molecule has 1 aromatic rings. The zero-order valence-electron chi connectivity index (χ0n) is 16.0. The number of ether oxygens (including phenoxy) is 2. The van der Waals surface area contributed by atoms with E-state index in [0.29, 0.717) is 13.2 Å². The number of aryl methyl sites for hydroxylation is 3. The van der Waals surface area contributed by atoms with Crippen molar-refractivity contribution in [2.75, 3.05) is 46.6 Å².